The van der Waals surface area contributed by atoms with Crippen LogP contribution in [0.5, 0.6) is 0 Å². The molecule has 26 heavy (non-hydrogen) atoms. The predicted molar refractivity (Wildman–Crippen MR) is 95.1 cm³/mol. The van der Waals surface area contributed by atoms with E-state index in [9.17, 15) is 9.59 Å². The first-order valence-corrected chi connectivity index (χ1v) is 8.54. The van der Waals surface area contributed by atoms with Gasteiger partial charge in [0.2, 0.25) is 0 Å². The third-order valence-electron chi connectivity index (χ3n) is 4.83. The van der Waals surface area contributed by atoms with Gasteiger partial charge in [-0.2, -0.15) is 0 Å². The Bertz CT molecular complexity index is 956. The van der Waals surface area contributed by atoms with Crippen LogP contribution in [0, 0.1) is 5.92 Å². The molecule has 0 spiro atoms. The minimum atomic E-state index is -0.782. The predicted octanol–water partition coefficient (Wildman–Crippen LogP) is 2.36. The van der Waals surface area contributed by atoms with Gasteiger partial charge in [0.15, 0.2) is 0 Å². The van der Waals surface area contributed by atoms with Crippen LogP contribution in [-0.2, 0) is 4.79 Å². The van der Waals surface area contributed by atoms with E-state index < -0.39 is 5.97 Å². The van der Waals surface area contributed by atoms with Crippen LogP contribution < -0.4 is 0 Å². The molecule has 0 unspecified atom stereocenters. The molecule has 0 saturated carbocycles. The van der Waals surface area contributed by atoms with Crippen molar-refractivity contribution in [1.29, 1.82) is 0 Å². The monoisotopic (exact) mass is 350 g/mol. The highest BCUT2D eigenvalue weighted by Crippen LogP contribution is 2.20. The van der Waals surface area contributed by atoms with Crippen molar-refractivity contribution in [2.75, 3.05) is 13.1 Å². The van der Waals surface area contributed by atoms with Crippen LogP contribution in [0.3, 0.4) is 0 Å². The third-order valence-corrected chi connectivity index (χ3v) is 4.83. The number of para-hydroxylation sites is 2. The zero-order chi connectivity index (χ0) is 18.1. The summed E-state index contributed by atoms with van der Waals surface area (Å²) >= 11 is 0. The molecule has 3 aromatic rings. The first kappa shape index (κ1) is 16.3. The van der Waals surface area contributed by atoms with Crippen molar-refractivity contribution in [3.8, 4) is 5.82 Å². The number of amides is 1. The molecule has 1 aliphatic heterocycles. The average molecular weight is 350 g/mol. The maximum Gasteiger partial charge on any atom is 0.306 e. The maximum absolute atomic E-state index is 12.6. The molecule has 7 heteroatoms. The second kappa shape index (κ2) is 6.59. The van der Waals surface area contributed by atoms with Gasteiger partial charge >= 0.3 is 5.97 Å². The summed E-state index contributed by atoms with van der Waals surface area (Å²) in [5, 5.41) is 9.06. The summed E-state index contributed by atoms with van der Waals surface area (Å²) < 4.78 is 1.88. The number of carbonyl (C=O) groups is 2. The molecule has 1 saturated heterocycles. The van der Waals surface area contributed by atoms with E-state index >= 15 is 0 Å². The molecule has 1 amide bonds. The number of benzene rings is 1. The Labute approximate surface area is 149 Å². The Kier molecular flexibility index (Phi) is 4.12. The number of hydrogen-bond acceptors (Lipinski definition) is 4. The average Bonchev–Trinajstić information content (AvgIpc) is 3.12. The Hall–Kier alpha value is -3.22. The highest BCUT2D eigenvalue weighted by molar-refractivity contribution is 5.94. The van der Waals surface area contributed by atoms with Crippen LogP contribution in [0.1, 0.15) is 23.2 Å². The lowest BCUT2D eigenvalue weighted by molar-refractivity contribution is -0.143. The summed E-state index contributed by atoms with van der Waals surface area (Å²) in [7, 11) is 0. The van der Waals surface area contributed by atoms with E-state index in [2.05, 4.69) is 9.97 Å². The minimum absolute atomic E-state index is 0.108. The number of piperidine rings is 1. The molecular weight excluding hydrogens is 332 g/mol. The topological polar surface area (TPSA) is 88.3 Å². The smallest absolute Gasteiger partial charge is 0.306 e. The lowest BCUT2D eigenvalue weighted by Crippen LogP contribution is -2.40. The Morgan fingerprint density at radius 1 is 1.04 bits per heavy atom. The number of pyridine rings is 1. The van der Waals surface area contributed by atoms with Crippen LogP contribution in [0.15, 0.2) is 48.9 Å². The molecule has 1 N–H and O–H groups in total. The number of aliphatic carboxylic acids is 1. The second-order valence-electron chi connectivity index (χ2n) is 6.41. The minimum Gasteiger partial charge on any atom is -0.481 e. The number of carbonyl (C=O) groups excluding carboxylic acids is 1. The number of likely N-dealkylation sites (tertiary alicyclic amines) is 1. The molecule has 4 rings (SSSR count). The molecule has 0 bridgehead atoms. The van der Waals surface area contributed by atoms with Crippen LogP contribution in [0.2, 0.25) is 0 Å². The van der Waals surface area contributed by atoms with Gasteiger partial charge in [0, 0.05) is 19.3 Å². The molecule has 3 heterocycles. The molecule has 7 nitrogen and oxygen atoms in total. The SMILES string of the molecule is O=C(O)C1CCN(C(=O)c2ccc(-n3cnc4ccccc43)nc2)CC1. The van der Waals surface area contributed by atoms with Crippen molar-refractivity contribution in [2.45, 2.75) is 12.8 Å². The van der Waals surface area contributed by atoms with Crippen molar-refractivity contribution < 1.29 is 14.7 Å². The number of carboxylic acids is 1. The molecule has 1 aliphatic rings. The fraction of sp³-hybridized carbons (Fsp3) is 0.263. The quantitative estimate of drug-likeness (QED) is 0.783. The van der Waals surface area contributed by atoms with Gasteiger partial charge < -0.3 is 10.0 Å². The largest absolute Gasteiger partial charge is 0.481 e. The van der Waals surface area contributed by atoms with Gasteiger partial charge in [0.05, 0.1) is 22.5 Å². The number of hydrogen-bond donors (Lipinski definition) is 1. The van der Waals surface area contributed by atoms with Crippen molar-refractivity contribution >= 4 is 22.9 Å². The number of fused-ring (bicyclic) bond motifs is 1. The van der Waals surface area contributed by atoms with Gasteiger partial charge in [-0.05, 0) is 37.1 Å². The maximum atomic E-state index is 12.6. The zero-order valence-corrected chi connectivity index (χ0v) is 14.1. The summed E-state index contributed by atoms with van der Waals surface area (Å²) in [6.07, 6.45) is 4.27. The van der Waals surface area contributed by atoms with Crippen LogP contribution in [-0.4, -0.2) is 49.5 Å². The van der Waals surface area contributed by atoms with E-state index in [1.165, 1.54) is 0 Å². The van der Waals surface area contributed by atoms with E-state index in [1.54, 1.807) is 29.6 Å². The van der Waals surface area contributed by atoms with Crippen LogP contribution in [0.25, 0.3) is 16.9 Å². The second-order valence-corrected chi connectivity index (χ2v) is 6.41. The number of aromatic nitrogens is 3. The Morgan fingerprint density at radius 3 is 2.50 bits per heavy atom. The normalized spacial score (nSPS) is 15.3. The lowest BCUT2D eigenvalue weighted by Gasteiger charge is -2.30. The molecule has 1 fully saturated rings. The molecule has 0 aliphatic carbocycles. The van der Waals surface area contributed by atoms with E-state index in [4.69, 9.17) is 5.11 Å². The first-order valence-electron chi connectivity index (χ1n) is 8.54. The van der Waals surface area contributed by atoms with Crippen LogP contribution in [0.4, 0.5) is 0 Å². The van der Waals surface area contributed by atoms with Gasteiger partial charge in [0.1, 0.15) is 12.1 Å². The first-order chi connectivity index (χ1) is 12.6. The van der Waals surface area contributed by atoms with E-state index in [-0.39, 0.29) is 11.8 Å². The van der Waals surface area contributed by atoms with Gasteiger partial charge in [-0.25, -0.2) is 9.97 Å². The lowest BCUT2D eigenvalue weighted by atomic mass is 9.97. The highest BCUT2D eigenvalue weighted by atomic mass is 16.4. The summed E-state index contributed by atoms with van der Waals surface area (Å²) in [6.45, 7) is 0.924. The summed E-state index contributed by atoms with van der Waals surface area (Å²) in [6, 6.07) is 11.3. The van der Waals surface area contributed by atoms with Crippen molar-refractivity contribution in [2.24, 2.45) is 5.92 Å². The summed E-state index contributed by atoms with van der Waals surface area (Å²) in [5.74, 6) is -0.548. The highest BCUT2D eigenvalue weighted by Gasteiger charge is 2.27. The number of nitrogens with zero attached hydrogens (tertiary/aromatic N) is 4. The fourth-order valence-corrected chi connectivity index (χ4v) is 3.31. The van der Waals surface area contributed by atoms with Crippen molar-refractivity contribution in [3.05, 3.63) is 54.5 Å². The molecule has 0 radical (unpaired) electrons. The summed E-state index contributed by atoms with van der Waals surface area (Å²) in [5.41, 5.74) is 2.34. The van der Waals surface area contributed by atoms with Crippen molar-refractivity contribution in [3.63, 3.8) is 0 Å². The standard InChI is InChI=1S/C19H18N4O3/c24-18(22-9-7-13(8-10-22)19(25)26)14-5-6-17(20-11-14)23-12-21-15-3-1-2-4-16(15)23/h1-6,11-13H,7-10H2,(H,25,26). The molecular formula is C19H18N4O3. The fourth-order valence-electron chi connectivity index (χ4n) is 3.31. The van der Waals surface area contributed by atoms with E-state index in [0.717, 1.165) is 11.0 Å². The number of imidazole rings is 1. The zero-order valence-electron chi connectivity index (χ0n) is 14.1. The number of carboxylic acid groups (broad SMARTS) is 1. The van der Waals surface area contributed by atoms with Gasteiger partial charge in [0.25, 0.3) is 5.91 Å². The third kappa shape index (κ3) is 2.92. The molecule has 1 aromatic carbocycles. The number of rotatable bonds is 3. The molecule has 132 valence electrons. The molecule has 0 atom stereocenters. The van der Waals surface area contributed by atoms with E-state index in [1.807, 2.05) is 28.8 Å². The summed E-state index contributed by atoms with van der Waals surface area (Å²) in [4.78, 5) is 34.1. The van der Waals surface area contributed by atoms with Crippen LogP contribution >= 0.6 is 0 Å². The Morgan fingerprint density at radius 2 is 1.81 bits per heavy atom. The van der Waals surface area contributed by atoms with Gasteiger partial charge in [-0.15, -0.1) is 0 Å². The molecule has 2 aromatic heterocycles. The van der Waals surface area contributed by atoms with Gasteiger partial charge in [-0.3, -0.25) is 14.2 Å². The Balaban J connectivity index is 1.51. The van der Waals surface area contributed by atoms with Crippen molar-refractivity contribution in [1.82, 2.24) is 19.4 Å². The van der Waals surface area contributed by atoms with E-state index in [0.29, 0.717) is 37.3 Å². The van der Waals surface area contributed by atoms with Gasteiger partial charge in [-0.1, -0.05) is 12.1 Å².